The largest absolute Gasteiger partial charge is 0.381 e. The number of piperazine rings is 1. The Morgan fingerprint density at radius 2 is 1.81 bits per heavy atom. The van der Waals surface area contributed by atoms with E-state index in [1.165, 1.54) is 42.0 Å². The molecule has 0 aliphatic carbocycles. The molecule has 8 nitrogen and oxygen atoms in total. The van der Waals surface area contributed by atoms with Crippen molar-refractivity contribution < 1.29 is 18.7 Å². The molecule has 36 heavy (non-hydrogen) atoms. The van der Waals surface area contributed by atoms with Gasteiger partial charge in [0.2, 0.25) is 0 Å². The fourth-order valence-corrected chi connectivity index (χ4v) is 4.64. The quantitative estimate of drug-likeness (QED) is 0.437. The predicted molar refractivity (Wildman–Crippen MR) is 132 cm³/mol. The van der Waals surface area contributed by atoms with Gasteiger partial charge in [0.25, 0.3) is 5.91 Å². The van der Waals surface area contributed by atoms with Crippen LogP contribution in [0, 0.1) is 5.82 Å². The van der Waals surface area contributed by atoms with Gasteiger partial charge in [-0.25, -0.2) is 18.7 Å². The van der Waals surface area contributed by atoms with Gasteiger partial charge in [0.15, 0.2) is 6.30 Å². The minimum atomic E-state index is -1.60. The molecule has 2 atom stereocenters. The number of carbonyl (C=O) groups is 1. The Labute approximate surface area is 206 Å². The monoisotopic (exact) mass is 492 g/mol. The zero-order chi connectivity index (χ0) is 25.6. The summed E-state index contributed by atoms with van der Waals surface area (Å²) in [6.45, 7) is 4.57. The third kappa shape index (κ3) is 4.17. The summed E-state index contributed by atoms with van der Waals surface area (Å²) in [5.74, 6) is -0.163. The van der Waals surface area contributed by atoms with Gasteiger partial charge in [-0.15, -0.1) is 0 Å². The summed E-state index contributed by atoms with van der Waals surface area (Å²) in [7, 11) is 0. The van der Waals surface area contributed by atoms with E-state index in [9.17, 15) is 14.3 Å². The van der Waals surface area contributed by atoms with Gasteiger partial charge in [0.1, 0.15) is 23.1 Å². The van der Waals surface area contributed by atoms with E-state index in [0.717, 1.165) is 11.1 Å². The van der Waals surface area contributed by atoms with Crippen LogP contribution >= 0.6 is 0 Å². The number of aliphatic hydroxyl groups is 1. The smallest absolute Gasteiger partial charge is 0.254 e. The van der Waals surface area contributed by atoms with Gasteiger partial charge in [-0.3, -0.25) is 9.78 Å². The summed E-state index contributed by atoms with van der Waals surface area (Å²) < 4.78 is 31.5. The van der Waals surface area contributed by atoms with Crippen molar-refractivity contribution in [2.24, 2.45) is 0 Å². The maximum absolute atomic E-state index is 15.7. The number of fused-ring (bicyclic) bond motifs is 1. The molecule has 0 bridgehead atoms. The van der Waals surface area contributed by atoms with Crippen LogP contribution in [0.4, 0.5) is 14.6 Å². The SMILES string of the molecule is C[C@@H]1CN(c2nccc3c2c(-c2ccncc2)cn3-c2cc(F)ccn2)[C@@H](F)CN1C(=O)C(C)(C)O. The number of rotatable bonds is 4. The number of hydrogen-bond acceptors (Lipinski definition) is 6. The van der Waals surface area contributed by atoms with Crippen molar-refractivity contribution in [1.82, 2.24) is 24.4 Å². The van der Waals surface area contributed by atoms with E-state index in [0.29, 0.717) is 22.5 Å². The van der Waals surface area contributed by atoms with Crippen LogP contribution in [-0.2, 0) is 4.79 Å². The molecule has 4 aromatic rings. The minimum Gasteiger partial charge on any atom is -0.381 e. The van der Waals surface area contributed by atoms with Crippen LogP contribution in [0.2, 0.25) is 0 Å². The van der Waals surface area contributed by atoms with Gasteiger partial charge in [-0.2, -0.15) is 0 Å². The molecule has 0 aromatic carbocycles. The number of hydrogen-bond donors (Lipinski definition) is 1. The van der Waals surface area contributed by atoms with E-state index < -0.39 is 23.6 Å². The molecule has 4 aromatic heterocycles. The highest BCUT2D eigenvalue weighted by atomic mass is 19.1. The van der Waals surface area contributed by atoms with Crippen LogP contribution in [0.5, 0.6) is 0 Å². The van der Waals surface area contributed by atoms with Gasteiger partial charge in [0.05, 0.1) is 17.4 Å². The second-order valence-corrected chi connectivity index (χ2v) is 9.46. The van der Waals surface area contributed by atoms with Crippen LogP contribution in [-0.4, -0.2) is 66.5 Å². The van der Waals surface area contributed by atoms with Crippen molar-refractivity contribution in [2.75, 3.05) is 18.0 Å². The standard InChI is InChI=1S/C26H26F2N6O2/c1-16-13-34(21(28)15-32(16)25(35)26(2,3)36)24-23-19(17-4-8-29-9-5-17)14-33(20(23)7-11-31-24)22-12-18(27)6-10-30-22/h4-12,14,16,21,36H,13,15H2,1-3H3/t16-,21-/m1/s1. The number of nitrogens with zero attached hydrogens (tertiary/aromatic N) is 6. The molecule has 186 valence electrons. The van der Waals surface area contributed by atoms with E-state index in [1.807, 2.05) is 25.3 Å². The fourth-order valence-electron chi connectivity index (χ4n) is 4.64. The Morgan fingerprint density at radius 1 is 1.08 bits per heavy atom. The average molecular weight is 493 g/mol. The zero-order valence-electron chi connectivity index (χ0n) is 20.1. The summed E-state index contributed by atoms with van der Waals surface area (Å²) in [6.07, 6.45) is 6.58. The number of alkyl halides is 1. The molecule has 0 spiro atoms. The average Bonchev–Trinajstić information content (AvgIpc) is 3.25. The predicted octanol–water partition coefficient (Wildman–Crippen LogP) is 3.73. The van der Waals surface area contributed by atoms with Gasteiger partial charge in [0, 0.05) is 55.2 Å². The lowest BCUT2D eigenvalue weighted by Crippen LogP contribution is -2.61. The number of amides is 1. The van der Waals surface area contributed by atoms with Crippen molar-refractivity contribution in [3.63, 3.8) is 0 Å². The molecular formula is C26H26F2N6O2. The van der Waals surface area contributed by atoms with E-state index >= 15 is 4.39 Å². The van der Waals surface area contributed by atoms with E-state index in [4.69, 9.17) is 0 Å². The van der Waals surface area contributed by atoms with E-state index in [-0.39, 0.29) is 19.1 Å². The van der Waals surface area contributed by atoms with Crippen molar-refractivity contribution in [2.45, 2.75) is 38.7 Å². The van der Waals surface area contributed by atoms with Crippen LogP contribution < -0.4 is 4.90 Å². The molecule has 5 heterocycles. The Morgan fingerprint density at radius 3 is 2.50 bits per heavy atom. The molecule has 1 aliphatic heterocycles. The summed E-state index contributed by atoms with van der Waals surface area (Å²) >= 11 is 0. The lowest BCUT2D eigenvalue weighted by atomic mass is 10.0. The number of halogens is 2. The first-order chi connectivity index (χ1) is 17.1. The normalized spacial score (nSPS) is 18.6. The maximum atomic E-state index is 15.7. The molecule has 0 radical (unpaired) electrons. The van der Waals surface area contributed by atoms with Crippen LogP contribution in [0.25, 0.3) is 27.8 Å². The third-order valence-corrected chi connectivity index (χ3v) is 6.38. The van der Waals surface area contributed by atoms with Crippen molar-refractivity contribution in [3.05, 3.63) is 67.1 Å². The Balaban J connectivity index is 1.65. The molecule has 1 amide bonds. The molecule has 10 heteroatoms. The molecule has 0 saturated carbocycles. The second-order valence-electron chi connectivity index (χ2n) is 9.46. The topological polar surface area (TPSA) is 87.4 Å². The Hall–Kier alpha value is -3.92. The highest BCUT2D eigenvalue weighted by Gasteiger charge is 2.40. The van der Waals surface area contributed by atoms with Gasteiger partial charge in [-0.05, 0) is 50.6 Å². The summed E-state index contributed by atoms with van der Waals surface area (Å²) in [5.41, 5.74) is 0.674. The number of anilines is 1. The highest BCUT2D eigenvalue weighted by molar-refractivity contribution is 6.04. The summed E-state index contributed by atoms with van der Waals surface area (Å²) in [6, 6.07) is 7.69. The lowest BCUT2D eigenvalue weighted by Gasteiger charge is -2.44. The van der Waals surface area contributed by atoms with Crippen LogP contribution in [0.15, 0.2) is 61.3 Å². The van der Waals surface area contributed by atoms with Crippen LogP contribution in [0.1, 0.15) is 20.8 Å². The fraction of sp³-hybridized carbons (Fsp3) is 0.308. The first kappa shape index (κ1) is 23.8. The molecule has 1 saturated heterocycles. The zero-order valence-corrected chi connectivity index (χ0v) is 20.1. The van der Waals surface area contributed by atoms with Gasteiger partial charge >= 0.3 is 0 Å². The molecule has 5 rings (SSSR count). The van der Waals surface area contributed by atoms with Crippen molar-refractivity contribution in [3.8, 4) is 16.9 Å². The summed E-state index contributed by atoms with van der Waals surface area (Å²) in [4.78, 5) is 28.6. The number of aromatic nitrogens is 4. The third-order valence-electron chi connectivity index (χ3n) is 6.38. The summed E-state index contributed by atoms with van der Waals surface area (Å²) in [5, 5.41) is 10.9. The molecule has 0 unspecified atom stereocenters. The maximum Gasteiger partial charge on any atom is 0.254 e. The second kappa shape index (κ2) is 8.94. The Bertz CT molecular complexity index is 1420. The first-order valence-corrected chi connectivity index (χ1v) is 11.6. The van der Waals surface area contributed by atoms with Gasteiger partial charge in [-0.1, -0.05) is 0 Å². The van der Waals surface area contributed by atoms with Gasteiger partial charge < -0.3 is 19.5 Å². The molecular weight excluding hydrogens is 466 g/mol. The first-order valence-electron chi connectivity index (χ1n) is 11.6. The Kier molecular flexibility index (Phi) is 5.91. The molecule has 1 fully saturated rings. The van der Waals surface area contributed by atoms with E-state index in [1.54, 1.807) is 29.2 Å². The lowest BCUT2D eigenvalue weighted by molar-refractivity contribution is -0.152. The number of pyridine rings is 3. The van der Waals surface area contributed by atoms with E-state index in [2.05, 4.69) is 15.0 Å². The highest BCUT2D eigenvalue weighted by Crippen LogP contribution is 2.39. The van der Waals surface area contributed by atoms with Crippen LogP contribution in [0.3, 0.4) is 0 Å². The molecule has 1 aliphatic rings. The number of carbonyl (C=O) groups excluding carboxylic acids is 1. The molecule has 1 N–H and O–H groups in total. The van der Waals surface area contributed by atoms with Crippen molar-refractivity contribution in [1.29, 1.82) is 0 Å². The minimum absolute atomic E-state index is 0.175. The van der Waals surface area contributed by atoms with Crippen molar-refractivity contribution >= 4 is 22.6 Å².